The summed E-state index contributed by atoms with van der Waals surface area (Å²) < 4.78 is 10.5. The van der Waals surface area contributed by atoms with Crippen molar-refractivity contribution in [2.24, 2.45) is 11.8 Å². The minimum Gasteiger partial charge on any atom is -0.497 e. The Morgan fingerprint density at radius 2 is 1.57 bits per heavy atom. The van der Waals surface area contributed by atoms with Gasteiger partial charge in [-0.2, -0.15) is 0 Å². The minimum absolute atomic E-state index is 0.166. The Bertz CT molecular complexity index is 937. The summed E-state index contributed by atoms with van der Waals surface area (Å²) in [4.78, 5) is 38.8. The van der Waals surface area contributed by atoms with E-state index in [9.17, 15) is 14.4 Å². The maximum Gasteiger partial charge on any atom is 0.343 e. The number of rotatable bonds is 4. The smallest absolute Gasteiger partial charge is 0.343 e. The Balaban J connectivity index is 1.49. The van der Waals surface area contributed by atoms with Crippen molar-refractivity contribution in [2.45, 2.75) is 12.8 Å². The normalized spacial score (nSPS) is 20.8. The number of amides is 2. The predicted molar refractivity (Wildman–Crippen MR) is 102 cm³/mol. The van der Waals surface area contributed by atoms with Crippen LogP contribution in [0.4, 0.5) is 5.69 Å². The van der Waals surface area contributed by atoms with Crippen LogP contribution < -0.4 is 14.4 Å². The highest BCUT2D eigenvalue weighted by Crippen LogP contribution is 2.38. The molecular weight excluding hydrogens is 358 g/mol. The number of ether oxygens (including phenoxy) is 2. The molecule has 0 bridgehead atoms. The van der Waals surface area contributed by atoms with E-state index in [2.05, 4.69) is 0 Å². The van der Waals surface area contributed by atoms with Gasteiger partial charge in [-0.1, -0.05) is 18.2 Å². The second kappa shape index (κ2) is 7.31. The highest BCUT2D eigenvalue weighted by atomic mass is 16.5. The van der Waals surface area contributed by atoms with Gasteiger partial charge >= 0.3 is 5.97 Å². The molecule has 2 aliphatic rings. The third kappa shape index (κ3) is 3.17. The Kier molecular flexibility index (Phi) is 4.69. The summed E-state index contributed by atoms with van der Waals surface area (Å²) in [5.74, 6) is -0.509. The average molecular weight is 377 g/mol. The number of methoxy groups -OCH3 is 1. The van der Waals surface area contributed by atoms with E-state index in [1.807, 2.05) is 12.2 Å². The van der Waals surface area contributed by atoms with Crippen LogP contribution in [0.1, 0.15) is 23.2 Å². The van der Waals surface area contributed by atoms with Gasteiger partial charge in [-0.3, -0.25) is 14.5 Å². The summed E-state index contributed by atoms with van der Waals surface area (Å²) in [6, 6.07) is 13.1. The van der Waals surface area contributed by atoms with Crippen LogP contribution in [0.5, 0.6) is 11.5 Å². The van der Waals surface area contributed by atoms with Gasteiger partial charge in [0.1, 0.15) is 11.5 Å². The lowest BCUT2D eigenvalue weighted by atomic mass is 9.85. The summed E-state index contributed by atoms with van der Waals surface area (Å²) in [6.45, 7) is 0. The van der Waals surface area contributed by atoms with Crippen molar-refractivity contribution in [1.29, 1.82) is 0 Å². The fourth-order valence-electron chi connectivity index (χ4n) is 3.63. The zero-order valence-corrected chi connectivity index (χ0v) is 15.3. The molecule has 6 nitrogen and oxygen atoms in total. The van der Waals surface area contributed by atoms with Gasteiger partial charge in [-0.15, -0.1) is 0 Å². The lowest BCUT2D eigenvalue weighted by Gasteiger charge is -2.15. The highest BCUT2D eigenvalue weighted by Gasteiger charge is 2.47. The van der Waals surface area contributed by atoms with Crippen LogP contribution in [0.3, 0.4) is 0 Å². The molecule has 1 aliphatic heterocycles. The lowest BCUT2D eigenvalue weighted by Crippen LogP contribution is -2.30. The standard InChI is InChI=1S/C22H19NO5/c1-27-17-6-4-5-14(13-17)22(26)28-16-11-9-15(10-12-16)23-20(24)18-7-2-3-8-19(18)21(23)25/h2-6,9-13,18-19H,7-8H2,1H3. The molecule has 2 unspecified atom stereocenters. The molecule has 0 radical (unpaired) electrons. The van der Waals surface area contributed by atoms with Crippen molar-refractivity contribution < 1.29 is 23.9 Å². The molecule has 142 valence electrons. The summed E-state index contributed by atoms with van der Waals surface area (Å²) in [6.07, 6.45) is 5.11. The van der Waals surface area contributed by atoms with Crippen LogP contribution in [-0.4, -0.2) is 24.9 Å². The second-order valence-electron chi connectivity index (χ2n) is 6.78. The van der Waals surface area contributed by atoms with Crippen LogP contribution in [0.15, 0.2) is 60.7 Å². The zero-order chi connectivity index (χ0) is 19.7. The Hall–Kier alpha value is -3.41. The molecule has 0 saturated carbocycles. The number of nitrogens with zero attached hydrogens (tertiary/aromatic N) is 1. The molecule has 0 N–H and O–H groups in total. The van der Waals surface area contributed by atoms with Crippen LogP contribution in [0.25, 0.3) is 0 Å². The second-order valence-corrected chi connectivity index (χ2v) is 6.78. The van der Waals surface area contributed by atoms with Gasteiger partial charge in [0.2, 0.25) is 11.8 Å². The first-order valence-corrected chi connectivity index (χ1v) is 9.07. The van der Waals surface area contributed by atoms with Gasteiger partial charge in [-0.05, 0) is 55.3 Å². The topological polar surface area (TPSA) is 72.9 Å². The van der Waals surface area contributed by atoms with E-state index in [1.54, 1.807) is 48.5 Å². The SMILES string of the molecule is COc1cccc(C(=O)Oc2ccc(N3C(=O)C4CC=CCC4C3=O)cc2)c1. The van der Waals surface area contributed by atoms with Crippen molar-refractivity contribution in [1.82, 2.24) is 0 Å². The molecule has 0 aromatic heterocycles. The van der Waals surface area contributed by atoms with Gasteiger partial charge in [0.25, 0.3) is 0 Å². The van der Waals surface area contributed by atoms with Crippen molar-refractivity contribution in [2.75, 3.05) is 12.0 Å². The van der Waals surface area contributed by atoms with Crippen molar-refractivity contribution >= 4 is 23.5 Å². The molecule has 4 rings (SSSR count). The first-order valence-electron chi connectivity index (χ1n) is 9.07. The van der Waals surface area contributed by atoms with Gasteiger partial charge in [-0.25, -0.2) is 4.79 Å². The summed E-state index contributed by atoms with van der Waals surface area (Å²) >= 11 is 0. The van der Waals surface area contributed by atoms with E-state index < -0.39 is 5.97 Å². The molecule has 1 saturated heterocycles. The molecule has 1 heterocycles. The number of carbonyl (C=O) groups excluding carboxylic acids is 3. The zero-order valence-electron chi connectivity index (χ0n) is 15.3. The van der Waals surface area contributed by atoms with E-state index >= 15 is 0 Å². The maximum atomic E-state index is 12.6. The van der Waals surface area contributed by atoms with Gasteiger partial charge in [0, 0.05) is 0 Å². The first-order chi connectivity index (χ1) is 13.6. The number of esters is 1. The third-order valence-corrected chi connectivity index (χ3v) is 5.12. The number of fused-ring (bicyclic) bond motifs is 1. The summed E-state index contributed by atoms with van der Waals surface area (Å²) in [5.41, 5.74) is 0.857. The monoisotopic (exact) mass is 377 g/mol. The van der Waals surface area contributed by atoms with Crippen molar-refractivity contribution in [3.8, 4) is 11.5 Å². The molecule has 2 atom stereocenters. The molecule has 1 aliphatic carbocycles. The van der Waals surface area contributed by atoms with E-state index in [1.165, 1.54) is 12.0 Å². The van der Waals surface area contributed by atoms with Gasteiger partial charge in [0.15, 0.2) is 0 Å². The third-order valence-electron chi connectivity index (χ3n) is 5.12. The quantitative estimate of drug-likeness (QED) is 0.354. The lowest BCUT2D eigenvalue weighted by molar-refractivity contribution is -0.122. The van der Waals surface area contributed by atoms with Gasteiger partial charge in [0.05, 0.1) is 30.2 Å². The van der Waals surface area contributed by atoms with E-state index in [-0.39, 0.29) is 23.7 Å². The van der Waals surface area contributed by atoms with Gasteiger partial charge < -0.3 is 9.47 Å². The molecule has 2 amide bonds. The number of carbonyl (C=O) groups is 3. The predicted octanol–water partition coefficient (Wildman–Crippen LogP) is 3.37. The Morgan fingerprint density at radius 1 is 0.929 bits per heavy atom. The number of anilines is 1. The van der Waals surface area contributed by atoms with Crippen LogP contribution in [-0.2, 0) is 9.59 Å². The van der Waals surface area contributed by atoms with E-state index in [0.717, 1.165) is 0 Å². The largest absolute Gasteiger partial charge is 0.497 e. The molecular formula is C22H19NO5. The molecule has 2 aromatic carbocycles. The first kappa shape index (κ1) is 18.0. The van der Waals surface area contributed by atoms with Crippen LogP contribution in [0.2, 0.25) is 0 Å². The summed E-state index contributed by atoms with van der Waals surface area (Å²) in [5, 5.41) is 0. The van der Waals surface area contributed by atoms with E-state index in [4.69, 9.17) is 9.47 Å². The number of benzene rings is 2. The van der Waals surface area contributed by atoms with Crippen molar-refractivity contribution in [3.05, 3.63) is 66.2 Å². The molecule has 2 aromatic rings. The molecule has 28 heavy (non-hydrogen) atoms. The number of hydrogen-bond acceptors (Lipinski definition) is 5. The van der Waals surface area contributed by atoms with Crippen molar-refractivity contribution in [3.63, 3.8) is 0 Å². The van der Waals surface area contributed by atoms with Crippen LogP contribution >= 0.6 is 0 Å². The molecule has 0 spiro atoms. The average Bonchev–Trinajstić information content (AvgIpc) is 2.99. The summed E-state index contributed by atoms with van der Waals surface area (Å²) in [7, 11) is 1.52. The number of allylic oxidation sites excluding steroid dienone is 2. The molecule has 1 fully saturated rings. The fourth-order valence-corrected chi connectivity index (χ4v) is 3.63. The molecule has 6 heteroatoms. The number of imide groups is 1. The minimum atomic E-state index is -0.517. The van der Waals surface area contributed by atoms with Crippen LogP contribution in [0, 0.1) is 11.8 Å². The Labute approximate surface area is 162 Å². The van der Waals surface area contributed by atoms with E-state index in [0.29, 0.717) is 35.6 Å². The Morgan fingerprint density at radius 3 is 2.18 bits per heavy atom. The maximum absolute atomic E-state index is 12.6. The highest BCUT2D eigenvalue weighted by molar-refractivity contribution is 6.22. The fraction of sp³-hybridized carbons (Fsp3) is 0.227. The number of hydrogen-bond donors (Lipinski definition) is 0.